The van der Waals surface area contributed by atoms with Gasteiger partial charge in [0.1, 0.15) is 8.42 Å². The fourth-order valence-corrected chi connectivity index (χ4v) is 6.97. The molecule has 9 nitrogen and oxygen atoms in total. The first-order valence-corrected chi connectivity index (χ1v) is 11.1. The van der Waals surface area contributed by atoms with Crippen molar-refractivity contribution in [2.75, 3.05) is 45.9 Å². The van der Waals surface area contributed by atoms with E-state index in [0.717, 1.165) is 19.2 Å². The van der Waals surface area contributed by atoms with Crippen molar-refractivity contribution < 1.29 is 26.7 Å². The van der Waals surface area contributed by atoms with Crippen LogP contribution in [0.25, 0.3) is 0 Å². The predicted molar refractivity (Wildman–Crippen MR) is 93.9 cm³/mol. The Morgan fingerprint density at radius 1 is 1.32 bits per heavy atom. The van der Waals surface area contributed by atoms with E-state index in [2.05, 4.69) is 4.90 Å². The van der Waals surface area contributed by atoms with Gasteiger partial charge >= 0.3 is 0 Å². The molecule has 13 heteroatoms. The molecule has 3 heterocycles. The van der Waals surface area contributed by atoms with E-state index in [-0.39, 0.29) is 39.5 Å². The Labute approximate surface area is 156 Å². The van der Waals surface area contributed by atoms with Crippen LogP contribution in [-0.4, -0.2) is 77.1 Å². The molecule has 1 saturated heterocycles. The van der Waals surface area contributed by atoms with Gasteiger partial charge in [-0.2, -0.15) is 4.31 Å². The number of sulfonamides is 2. The van der Waals surface area contributed by atoms with Crippen molar-refractivity contribution in [2.24, 2.45) is 5.14 Å². The van der Waals surface area contributed by atoms with Crippen molar-refractivity contribution in [3.05, 3.63) is 11.6 Å². The summed E-state index contributed by atoms with van der Waals surface area (Å²) in [4.78, 5) is 2.09. The number of hydrogen-bond acceptors (Lipinski definition) is 8. The first-order valence-electron chi connectivity index (χ1n) is 7.34. The third kappa shape index (κ3) is 4.34. The molecule has 1 fully saturated rings. The SMILES string of the molecule is Cl.NS(=O)(=O)c1cc2c(s1)S(=O)(=O)N(CCN1CCOCC1)CC2O. The number of hydrogen-bond donors (Lipinski definition) is 2. The molecule has 25 heavy (non-hydrogen) atoms. The monoisotopic (exact) mass is 433 g/mol. The van der Waals surface area contributed by atoms with Crippen LogP contribution in [-0.2, 0) is 24.8 Å². The number of aliphatic hydroxyl groups is 1. The zero-order valence-corrected chi connectivity index (χ0v) is 16.5. The van der Waals surface area contributed by atoms with Crippen LogP contribution in [0.1, 0.15) is 11.7 Å². The van der Waals surface area contributed by atoms with E-state index in [4.69, 9.17) is 9.88 Å². The average Bonchev–Trinajstić information content (AvgIpc) is 2.98. The number of rotatable bonds is 4. The molecule has 1 aromatic heterocycles. The van der Waals surface area contributed by atoms with Crippen LogP contribution in [0.4, 0.5) is 0 Å². The number of primary sulfonamides is 1. The molecule has 0 saturated carbocycles. The highest BCUT2D eigenvalue weighted by Crippen LogP contribution is 2.39. The van der Waals surface area contributed by atoms with Crippen molar-refractivity contribution in [1.29, 1.82) is 0 Å². The topological polar surface area (TPSA) is 130 Å². The van der Waals surface area contributed by atoms with Crippen LogP contribution in [0.2, 0.25) is 0 Å². The summed E-state index contributed by atoms with van der Waals surface area (Å²) in [5.41, 5.74) is 0.103. The number of ether oxygens (including phenoxy) is 1. The van der Waals surface area contributed by atoms with Gasteiger partial charge in [-0.3, -0.25) is 4.90 Å². The summed E-state index contributed by atoms with van der Waals surface area (Å²) < 4.78 is 54.4. The Morgan fingerprint density at radius 2 is 1.96 bits per heavy atom. The lowest BCUT2D eigenvalue weighted by Gasteiger charge is -2.32. The minimum Gasteiger partial charge on any atom is -0.387 e. The summed E-state index contributed by atoms with van der Waals surface area (Å²) in [5.74, 6) is 0. The molecule has 0 radical (unpaired) electrons. The van der Waals surface area contributed by atoms with Gasteiger partial charge < -0.3 is 9.84 Å². The number of nitrogens with zero attached hydrogens (tertiary/aromatic N) is 2. The Balaban J connectivity index is 0.00000225. The maximum absolute atomic E-state index is 12.7. The van der Waals surface area contributed by atoms with Gasteiger partial charge in [0.05, 0.1) is 19.3 Å². The zero-order valence-electron chi connectivity index (χ0n) is 13.2. The molecule has 1 atom stereocenters. The number of halogens is 1. The maximum Gasteiger partial charge on any atom is 0.253 e. The fraction of sp³-hybridized carbons (Fsp3) is 0.667. The van der Waals surface area contributed by atoms with Gasteiger partial charge in [0.2, 0.25) is 10.0 Å². The lowest BCUT2D eigenvalue weighted by atomic mass is 10.2. The van der Waals surface area contributed by atoms with E-state index in [1.165, 1.54) is 4.31 Å². The van der Waals surface area contributed by atoms with Crippen LogP contribution in [0.15, 0.2) is 14.5 Å². The van der Waals surface area contributed by atoms with E-state index < -0.39 is 26.2 Å². The van der Waals surface area contributed by atoms with Crippen molar-refractivity contribution in [3.63, 3.8) is 0 Å². The van der Waals surface area contributed by atoms with Crippen LogP contribution in [0.5, 0.6) is 0 Å². The van der Waals surface area contributed by atoms with E-state index >= 15 is 0 Å². The molecule has 0 spiro atoms. The molecule has 2 aliphatic heterocycles. The first kappa shape index (κ1) is 21.0. The minimum absolute atomic E-state index is 0. The van der Waals surface area contributed by atoms with Gasteiger partial charge in [0.15, 0.2) is 0 Å². The first-order chi connectivity index (χ1) is 11.2. The second-order valence-corrected chi connectivity index (χ2v) is 10.7. The molecule has 2 aliphatic rings. The third-order valence-corrected chi connectivity index (χ3v) is 9.03. The van der Waals surface area contributed by atoms with Gasteiger partial charge in [0, 0.05) is 38.3 Å². The molecular formula is C12H20ClN3O6S3. The molecule has 0 bridgehead atoms. The van der Waals surface area contributed by atoms with Crippen molar-refractivity contribution in [3.8, 4) is 0 Å². The lowest BCUT2D eigenvalue weighted by Crippen LogP contribution is -2.45. The van der Waals surface area contributed by atoms with Gasteiger partial charge in [-0.25, -0.2) is 22.0 Å². The number of morpholine rings is 1. The van der Waals surface area contributed by atoms with Crippen LogP contribution < -0.4 is 5.14 Å². The van der Waals surface area contributed by atoms with Crippen molar-refractivity contribution in [1.82, 2.24) is 9.21 Å². The fourth-order valence-electron chi connectivity index (χ4n) is 2.74. The quantitative estimate of drug-likeness (QED) is 0.634. The second-order valence-electron chi connectivity index (χ2n) is 5.69. The summed E-state index contributed by atoms with van der Waals surface area (Å²) in [6.07, 6.45) is -1.07. The highest BCUT2D eigenvalue weighted by molar-refractivity contribution is 7.94. The summed E-state index contributed by atoms with van der Waals surface area (Å²) in [5, 5.41) is 15.3. The molecule has 0 aromatic carbocycles. The normalized spacial score (nSPS) is 24.5. The van der Waals surface area contributed by atoms with E-state index in [1.54, 1.807) is 0 Å². The highest BCUT2D eigenvalue weighted by Gasteiger charge is 2.39. The minimum atomic E-state index is -4.02. The Morgan fingerprint density at radius 3 is 2.56 bits per heavy atom. The van der Waals surface area contributed by atoms with Gasteiger partial charge in [-0.1, -0.05) is 0 Å². The number of aliphatic hydroxyl groups excluding tert-OH is 1. The largest absolute Gasteiger partial charge is 0.387 e. The molecular weight excluding hydrogens is 414 g/mol. The van der Waals surface area contributed by atoms with E-state index in [1.807, 2.05) is 0 Å². The third-order valence-electron chi connectivity index (χ3n) is 4.06. The standard InChI is InChI=1S/C12H19N3O6S3.ClH/c13-23(17,18)11-7-9-10(16)8-15(24(19,20)12(9)22-11)2-1-14-3-5-21-6-4-14;/h7,10,16H,1-6,8H2,(H2,13,17,18);1H. The summed E-state index contributed by atoms with van der Waals surface area (Å²) in [6, 6.07) is 1.15. The molecule has 1 aromatic rings. The maximum atomic E-state index is 12.7. The highest BCUT2D eigenvalue weighted by atomic mass is 35.5. The Bertz CT molecular complexity index is 819. The second kappa shape index (κ2) is 7.74. The molecule has 0 aliphatic carbocycles. The number of β-amino-alcohol motifs (C(OH)–C–C–N with tert-alkyl or cyclic N) is 1. The Kier molecular flexibility index (Phi) is 6.50. The van der Waals surface area contributed by atoms with Gasteiger partial charge in [-0.05, 0) is 6.07 Å². The number of thiophene rings is 1. The van der Waals surface area contributed by atoms with Crippen molar-refractivity contribution in [2.45, 2.75) is 14.5 Å². The number of nitrogens with two attached hydrogens (primary N) is 1. The lowest BCUT2D eigenvalue weighted by molar-refractivity contribution is 0.0346. The van der Waals surface area contributed by atoms with Crippen LogP contribution in [0, 0.1) is 0 Å². The molecule has 3 N–H and O–H groups in total. The summed E-state index contributed by atoms with van der Waals surface area (Å²) in [7, 11) is -7.86. The number of fused-ring (bicyclic) bond motifs is 1. The smallest absolute Gasteiger partial charge is 0.253 e. The molecule has 144 valence electrons. The van der Waals surface area contributed by atoms with Crippen LogP contribution >= 0.6 is 23.7 Å². The van der Waals surface area contributed by atoms with Crippen LogP contribution in [0.3, 0.4) is 0 Å². The Hall–Kier alpha value is -0.310. The predicted octanol–water partition coefficient (Wildman–Crippen LogP) is -0.813. The molecule has 3 rings (SSSR count). The van der Waals surface area contributed by atoms with Gasteiger partial charge in [0.25, 0.3) is 10.0 Å². The molecule has 0 amide bonds. The van der Waals surface area contributed by atoms with Gasteiger partial charge in [-0.15, -0.1) is 23.7 Å². The van der Waals surface area contributed by atoms with Crippen molar-refractivity contribution >= 4 is 43.8 Å². The molecule has 1 unspecified atom stereocenters. The van der Waals surface area contributed by atoms with E-state index in [9.17, 15) is 21.9 Å². The summed E-state index contributed by atoms with van der Waals surface area (Å²) in [6.45, 7) is 3.34. The summed E-state index contributed by atoms with van der Waals surface area (Å²) >= 11 is 0.582. The van der Waals surface area contributed by atoms with E-state index in [0.29, 0.717) is 31.1 Å². The zero-order chi connectivity index (χ0) is 17.5. The average molecular weight is 434 g/mol.